The van der Waals surface area contributed by atoms with E-state index in [1.54, 1.807) is 12.1 Å². The minimum absolute atomic E-state index is 0.324. The highest BCUT2D eigenvalue weighted by Gasteiger charge is 2.20. The number of esters is 1. The molecule has 0 heterocycles. The first-order valence-electron chi connectivity index (χ1n) is 17.2. The minimum Gasteiger partial charge on any atom is -0.494 e. The van der Waals surface area contributed by atoms with Crippen molar-refractivity contribution in [2.75, 3.05) is 6.61 Å². The summed E-state index contributed by atoms with van der Waals surface area (Å²) in [6, 6.07) is 15.4. The smallest absolute Gasteiger partial charge is 0.343 e. The van der Waals surface area contributed by atoms with Crippen LogP contribution in [0.15, 0.2) is 48.5 Å². The van der Waals surface area contributed by atoms with Gasteiger partial charge in [-0.15, -0.1) is 0 Å². The van der Waals surface area contributed by atoms with Crippen LogP contribution < -0.4 is 9.47 Å². The fraction of sp³-hybridized carbons (Fsp3) is 0.658. The predicted molar refractivity (Wildman–Crippen MR) is 173 cm³/mol. The predicted octanol–water partition coefficient (Wildman–Crippen LogP) is 11.5. The first-order valence-corrected chi connectivity index (χ1v) is 17.2. The Hall–Kier alpha value is -2.29. The van der Waals surface area contributed by atoms with Crippen molar-refractivity contribution in [3.8, 4) is 11.5 Å². The summed E-state index contributed by atoms with van der Waals surface area (Å²) in [6.07, 6.45) is 26.8. The van der Waals surface area contributed by atoms with Crippen molar-refractivity contribution in [1.82, 2.24) is 0 Å². The molecule has 0 N–H and O–H groups in total. The third kappa shape index (κ3) is 14.0. The van der Waals surface area contributed by atoms with Crippen LogP contribution in [-0.4, -0.2) is 12.6 Å². The standard InChI is InChI=1S/C38H58O3/c1-3-5-7-8-9-10-11-12-13-15-31-40-36-29-25-35(26-30-36)38(39)41-37-27-23-34(24-28-37)22-21-33-19-17-32(18-20-33)16-14-6-4-2/h23-30,32-33H,3-22,31H2,1-2H3. The summed E-state index contributed by atoms with van der Waals surface area (Å²) in [5, 5.41) is 0. The molecule has 228 valence electrons. The van der Waals surface area contributed by atoms with E-state index in [4.69, 9.17) is 9.47 Å². The van der Waals surface area contributed by atoms with Crippen molar-refractivity contribution in [2.24, 2.45) is 11.8 Å². The number of aryl methyl sites for hydroxylation is 1. The summed E-state index contributed by atoms with van der Waals surface area (Å²) in [6.45, 7) is 5.29. The number of rotatable bonds is 21. The minimum atomic E-state index is -0.324. The van der Waals surface area contributed by atoms with Gasteiger partial charge in [-0.2, -0.15) is 0 Å². The van der Waals surface area contributed by atoms with Crippen LogP contribution >= 0.6 is 0 Å². The van der Waals surface area contributed by atoms with Crippen LogP contribution in [0.1, 0.15) is 152 Å². The van der Waals surface area contributed by atoms with E-state index in [1.165, 1.54) is 121 Å². The van der Waals surface area contributed by atoms with Crippen molar-refractivity contribution in [1.29, 1.82) is 0 Å². The monoisotopic (exact) mass is 562 g/mol. The van der Waals surface area contributed by atoms with Crippen LogP contribution in [0.5, 0.6) is 11.5 Å². The van der Waals surface area contributed by atoms with Gasteiger partial charge in [-0.1, -0.05) is 135 Å². The Morgan fingerprint density at radius 1 is 0.610 bits per heavy atom. The Morgan fingerprint density at radius 3 is 1.73 bits per heavy atom. The Kier molecular flexibility index (Phi) is 16.7. The van der Waals surface area contributed by atoms with Gasteiger partial charge in [0, 0.05) is 0 Å². The van der Waals surface area contributed by atoms with Gasteiger partial charge in [0.25, 0.3) is 0 Å². The van der Waals surface area contributed by atoms with Gasteiger partial charge in [-0.25, -0.2) is 4.79 Å². The largest absolute Gasteiger partial charge is 0.494 e. The van der Waals surface area contributed by atoms with Gasteiger partial charge in [-0.3, -0.25) is 0 Å². The molecule has 0 spiro atoms. The lowest BCUT2D eigenvalue weighted by atomic mass is 9.78. The SMILES string of the molecule is CCCCCCCCCCCCOc1ccc(C(=O)Oc2ccc(CCC3CCC(CCCCC)CC3)cc2)cc1. The number of unbranched alkanes of at least 4 members (excludes halogenated alkanes) is 11. The van der Waals surface area contributed by atoms with E-state index in [-0.39, 0.29) is 5.97 Å². The highest BCUT2D eigenvalue weighted by molar-refractivity contribution is 5.91. The van der Waals surface area contributed by atoms with E-state index >= 15 is 0 Å². The number of carbonyl (C=O) groups excluding carboxylic acids is 1. The molecule has 1 saturated carbocycles. The average molecular weight is 563 g/mol. The van der Waals surface area contributed by atoms with Crippen LogP contribution in [-0.2, 0) is 6.42 Å². The molecule has 0 unspecified atom stereocenters. The summed E-state index contributed by atoms with van der Waals surface area (Å²) in [4.78, 5) is 12.6. The van der Waals surface area contributed by atoms with Crippen LogP contribution in [0.3, 0.4) is 0 Å². The number of carbonyl (C=O) groups is 1. The fourth-order valence-corrected chi connectivity index (χ4v) is 6.22. The van der Waals surface area contributed by atoms with Gasteiger partial charge >= 0.3 is 5.97 Å². The van der Waals surface area contributed by atoms with Crippen LogP contribution in [0.4, 0.5) is 0 Å². The van der Waals surface area contributed by atoms with E-state index in [0.29, 0.717) is 11.3 Å². The lowest BCUT2D eigenvalue weighted by Crippen LogP contribution is -2.15. The van der Waals surface area contributed by atoms with Crippen LogP contribution in [0.25, 0.3) is 0 Å². The van der Waals surface area contributed by atoms with E-state index in [0.717, 1.165) is 37.0 Å². The second-order valence-electron chi connectivity index (χ2n) is 12.5. The molecule has 0 radical (unpaired) electrons. The Balaban J connectivity index is 1.26. The Bertz CT molecular complexity index is 925. The van der Waals surface area contributed by atoms with Gasteiger partial charge in [0.2, 0.25) is 0 Å². The molecule has 0 bridgehead atoms. The number of hydrogen-bond donors (Lipinski definition) is 0. The molecule has 0 saturated heterocycles. The highest BCUT2D eigenvalue weighted by atomic mass is 16.5. The van der Waals surface area contributed by atoms with Crippen LogP contribution in [0, 0.1) is 11.8 Å². The summed E-state index contributed by atoms with van der Waals surface area (Å²) in [7, 11) is 0. The van der Waals surface area contributed by atoms with Crippen LogP contribution in [0.2, 0.25) is 0 Å². The maximum absolute atomic E-state index is 12.6. The molecule has 3 rings (SSSR count). The van der Waals surface area contributed by atoms with Gasteiger partial charge < -0.3 is 9.47 Å². The van der Waals surface area contributed by atoms with E-state index < -0.39 is 0 Å². The van der Waals surface area contributed by atoms with Gasteiger partial charge in [0.05, 0.1) is 12.2 Å². The Labute approximate surface area is 251 Å². The quantitative estimate of drug-likeness (QED) is 0.0862. The lowest BCUT2D eigenvalue weighted by Gasteiger charge is -2.28. The summed E-state index contributed by atoms with van der Waals surface area (Å²) in [5.41, 5.74) is 1.88. The van der Waals surface area contributed by atoms with Crippen molar-refractivity contribution in [2.45, 2.75) is 142 Å². The normalized spacial score (nSPS) is 16.9. The third-order valence-electron chi connectivity index (χ3n) is 9.01. The maximum Gasteiger partial charge on any atom is 0.343 e. The molecule has 1 fully saturated rings. The molecule has 0 amide bonds. The number of benzene rings is 2. The van der Waals surface area contributed by atoms with Crippen molar-refractivity contribution in [3.63, 3.8) is 0 Å². The first-order chi connectivity index (χ1) is 20.2. The average Bonchev–Trinajstić information content (AvgIpc) is 3.00. The number of ether oxygens (including phenoxy) is 2. The molecule has 0 aromatic heterocycles. The van der Waals surface area contributed by atoms with Gasteiger partial charge in [0.1, 0.15) is 11.5 Å². The fourth-order valence-electron chi connectivity index (χ4n) is 6.22. The van der Waals surface area contributed by atoms with Crippen molar-refractivity contribution in [3.05, 3.63) is 59.7 Å². The molecule has 3 heteroatoms. The summed E-state index contributed by atoms with van der Waals surface area (Å²) < 4.78 is 11.5. The molecule has 3 nitrogen and oxygen atoms in total. The zero-order valence-electron chi connectivity index (χ0n) is 26.3. The molecular weight excluding hydrogens is 504 g/mol. The molecule has 1 aliphatic carbocycles. The first kappa shape index (κ1) is 33.2. The second-order valence-corrected chi connectivity index (χ2v) is 12.5. The molecule has 0 atom stereocenters. The lowest BCUT2D eigenvalue weighted by molar-refractivity contribution is 0.0734. The summed E-state index contributed by atoms with van der Waals surface area (Å²) >= 11 is 0. The topological polar surface area (TPSA) is 35.5 Å². The van der Waals surface area contributed by atoms with Gasteiger partial charge in [0.15, 0.2) is 0 Å². The Morgan fingerprint density at radius 2 is 1.12 bits per heavy atom. The maximum atomic E-state index is 12.6. The zero-order valence-corrected chi connectivity index (χ0v) is 26.3. The highest BCUT2D eigenvalue weighted by Crippen LogP contribution is 2.34. The zero-order chi connectivity index (χ0) is 29.0. The van der Waals surface area contributed by atoms with E-state index in [2.05, 4.69) is 26.0 Å². The van der Waals surface area contributed by atoms with E-state index in [1.807, 2.05) is 24.3 Å². The van der Waals surface area contributed by atoms with Gasteiger partial charge in [-0.05, 0) is 73.1 Å². The second kappa shape index (κ2) is 20.6. The molecule has 1 aliphatic rings. The molecule has 2 aromatic rings. The molecular formula is C38H58O3. The van der Waals surface area contributed by atoms with Crippen molar-refractivity contribution >= 4 is 5.97 Å². The molecule has 2 aromatic carbocycles. The molecule has 41 heavy (non-hydrogen) atoms. The summed E-state index contributed by atoms with van der Waals surface area (Å²) in [5.74, 6) is 2.94. The van der Waals surface area contributed by atoms with E-state index in [9.17, 15) is 4.79 Å². The third-order valence-corrected chi connectivity index (χ3v) is 9.01. The van der Waals surface area contributed by atoms with Crippen molar-refractivity contribution < 1.29 is 14.3 Å². The number of hydrogen-bond acceptors (Lipinski definition) is 3. The molecule has 0 aliphatic heterocycles.